The third-order valence-corrected chi connectivity index (χ3v) is 3.47. The zero-order chi connectivity index (χ0) is 10.7. The molecule has 0 spiro atoms. The number of hydrogen-bond donors (Lipinski definition) is 0. The van der Waals surface area contributed by atoms with E-state index in [1.165, 1.54) is 0 Å². The predicted molar refractivity (Wildman–Crippen MR) is 62.1 cm³/mol. The molecule has 1 aromatic rings. The highest BCUT2D eigenvalue weighted by molar-refractivity contribution is 9.09. The van der Waals surface area contributed by atoms with Gasteiger partial charge in [-0.25, -0.2) is 0 Å². The summed E-state index contributed by atoms with van der Waals surface area (Å²) in [6.45, 7) is 0.865. The summed E-state index contributed by atoms with van der Waals surface area (Å²) < 4.78 is 0. The van der Waals surface area contributed by atoms with E-state index in [9.17, 15) is 4.79 Å². The number of rotatable bonds is 2. The number of carbonyl (C=O) groups is 1. The third-order valence-electron chi connectivity index (χ3n) is 2.72. The van der Waals surface area contributed by atoms with Crippen molar-refractivity contribution in [2.24, 2.45) is 0 Å². The van der Waals surface area contributed by atoms with Crippen LogP contribution >= 0.6 is 15.9 Å². The summed E-state index contributed by atoms with van der Waals surface area (Å²) in [5.74, 6) is 0.102. The molecule has 0 radical (unpaired) electrons. The first kappa shape index (κ1) is 10.6. The highest BCUT2D eigenvalue weighted by Crippen LogP contribution is 2.21. The quantitative estimate of drug-likeness (QED) is 0.770. The number of hydrogen-bond acceptors (Lipinski definition) is 2. The molecule has 4 heteroatoms. The zero-order valence-electron chi connectivity index (χ0n) is 8.40. The normalized spacial score (nSPS) is 20.6. The van der Waals surface area contributed by atoms with Gasteiger partial charge in [-0.3, -0.25) is 9.78 Å². The zero-order valence-corrected chi connectivity index (χ0v) is 9.98. The molecule has 1 aliphatic heterocycles. The molecule has 0 saturated carbocycles. The standard InChI is InChI=1S/C11H13BrN2O/c12-7-10-4-2-6-14(10)11(15)9-3-1-5-13-8-9/h1,3,5,8,10H,2,4,6-7H2. The van der Waals surface area contributed by atoms with E-state index in [4.69, 9.17) is 0 Å². The van der Waals surface area contributed by atoms with Gasteiger partial charge in [0, 0.05) is 30.3 Å². The van der Waals surface area contributed by atoms with Gasteiger partial charge in [0.15, 0.2) is 0 Å². The first-order valence-electron chi connectivity index (χ1n) is 5.10. The Hall–Kier alpha value is -0.900. The van der Waals surface area contributed by atoms with Crippen molar-refractivity contribution in [1.29, 1.82) is 0 Å². The van der Waals surface area contributed by atoms with Crippen LogP contribution in [0.1, 0.15) is 23.2 Å². The number of aromatic nitrogens is 1. The van der Waals surface area contributed by atoms with E-state index in [2.05, 4.69) is 20.9 Å². The first-order valence-corrected chi connectivity index (χ1v) is 6.22. The average molecular weight is 269 g/mol. The lowest BCUT2D eigenvalue weighted by Gasteiger charge is -2.22. The van der Waals surface area contributed by atoms with Crippen molar-refractivity contribution in [1.82, 2.24) is 9.88 Å². The number of likely N-dealkylation sites (tertiary alicyclic amines) is 1. The molecule has 1 aromatic heterocycles. The predicted octanol–water partition coefficient (Wildman–Crippen LogP) is 2.08. The van der Waals surface area contributed by atoms with Gasteiger partial charge in [0.2, 0.25) is 0 Å². The molecule has 0 aromatic carbocycles. The van der Waals surface area contributed by atoms with E-state index in [0.717, 1.165) is 24.7 Å². The van der Waals surface area contributed by atoms with Gasteiger partial charge < -0.3 is 4.90 Å². The minimum atomic E-state index is 0.102. The highest BCUT2D eigenvalue weighted by atomic mass is 79.9. The number of halogens is 1. The molecule has 1 fully saturated rings. The average Bonchev–Trinajstić information content (AvgIpc) is 2.77. The van der Waals surface area contributed by atoms with Crippen molar-refractivity contribution in [2.45, 2.75) is 18.9 Å². The molecule has 0 N–H and O–H groups in total. The van der Waals surface area contributed by atoms with E-state index >= 15 is 0 Å². The van der Waals surface area contributed by atoms with E-state index < -0.39 is 0 Å². The monoisotopic (exact) mass is 268 g/mol. The summed E-state index contributed by atoms with van der Waals surface area (Å²) in [4.78, 5) is 18.0. The summed E-state index contributed by atoms with van der Waals surface area (Å²) in [5.41, 5.74) is 0.686. The molecule has 0 aliphatic carbocycles. The van der Waals surface area contributed by atoms with Gasteiger partial charge in [0.1, 0.15) is 0 Å². The SMILES string of the molecule is O=C(c1cccnc1)N1CCCC1CBr. The number of pyridine rings is 1. The Kier molecular flexibility index (Phi) is 3.36. The second kappa shape index (κ2) is 4.75. The molecule has 1 atom stereocenters. The minimum absolute atomic E-state index is 0.102. The Balaban J connectivity index is 2.14. The van der Waals surface area contributed by atoms with Gasteiger partial charge in [0.05, 0.1) is 5.56 Å². The van der Waals surface area contributed by atoms with Crippen molar-refractivity contribution < 1.29 is 4.79 Å². The molecule has 15 heavy (non-hydrogen) atoms. The van der Waals surface area contributed by atoms with Gasteiger partial charge in [-0.1, -0.05) is 15.9 Å². The molecule has 0 bridgehead atoms. The second-order valence-corrected chi connectivity index (χ2v) is 4.34. The number of carbonyl (C=O) groups excluding carboxylic acids is 1. The van der Waals surface area contributed by atoms with Crippen LogP contribution in [0, 0.1) is 0 Å². The van der Waals surface area contributed by atoms with Crippen molar-refractivity contribution in [3.63, 3.8) is 0 Å². The summed E-state index contributed by atoms with van der Waals surface area (Å²) in [5, 5.41) is 0.860. The fourth-order valence-electron chi connectivity index (χ4n) is 1.92. The fraction of sp³-hybridized carbons (Fsp3) is 0.455. The maximum atomic E-state index is 12.1. The smallest absolute Gasteiger partial charge is 0.255 e. The van der Waals surface area contributed by atoms with E-state index in [-0.39, 0.29) is 5.91 Å². The maximum Gasteiger partial charge on any atom is 0.255 e. The Morgan fingerprint density at radius 1 is 1.67 bits per heavy atom. The van der Waals surface area contributed by atoms with Gasteiger partial charge in [-0.05, 0) is 25.0 Å². The Bertz CT molecular complexity index is 342. The summed E-state index contributed by atoms with van der Waals surface area (Å²) in [6.07, 6.45) is 5.51. The molecule has 1 aliphatic rings. The minimum Gasteiger partial charge on any atom is -0.335 e. The lowest BCUT2D eigenvalue weighted by atomic mass is 10.2. The maximum absolute atomic E-state index is 12.1. The summed E-state index contributed by atoms with van der Waals surface area (Å²) in [7, 11) is 0. The number of nitrogens with zero attached hydrogens (tertiary/aromatic N) is 2. The van der Waals surface area contributed by atoms with Crippen LogP contribution in [0.2, 0.25) is 0 Å². The van der Waals surface area contributed by atoms with Gasteiger partial charge in [-0.2, -0.15) is 0 Å². The molecule has 1 unspecified atom stereocenters. The van der Waals surface area contributed by atoms with Gasteiger partial charge in [0.25, 0.3) is 5.91 Å². The lowest BCUT2D eigenvalue weighted by molar-refractivity contribution is 0.0750. The van der Waals surface area contributed by atoms with E-state index in [0.29, 0.717) is 11.6 Å². The van der Waals surface area contributed by atoms with Crippen LogP contribution in [-0.2, 0) is 0 Å². The number of alkyl halides is 1. The van der Waals surface area contributed by atoms with Crippen molar-refractivity contribution in [3.05, 3.63) is 30.1 Å². The molecule has 3 nitrogen and oxygen atoms in total. The van der Waals surface area contributed by atoms with E-state index in [1.54, 1.807) is 18.5 Å². The van der Waals surface area contributed by atoms with Crippen molar-refractivity contribution >= 4 is 21.8 Å². The summed E-state index contributed by atoms with van der Waals surface area (Å²) >= 11 is 3.45. The highest BCUT2D eigenvalue weighted by Gasteiger charge is 2.28. The fourth-order valence-corrected chi connectivity index (χ4v) is 2.59. The van der Waals surface area contributed by atoms with Gasteiger partial charge >= 0.3 is 0 Å². The van der Waals surface area contributed by atoms with Crippen LogP contribution in [0.5, 0.6) is 0 Å². The van der Waals surface area contributed by atoms with Gasteiger partial charge in [-0.15, -0.1) is 0 Å². The Morgan fingerprint density at radius 2 is 2.53 bits per heavy atom. The molecule has 1 saturated heterocycles. The molecule has 1 amide bonds. The molecule has 2 heterocycles. The van der Waals surface area contributed by atoms with Crippen LogP contribution in [0.25, 0.3) is 0 Å². The van der Waals surface area contributed by atoms with E-state index in [1.807, 2.05) is 11.0 Å². The Morgan fingerprint density at radius 3 is 3.20 bits per heavy atom. The van der Waals surface area contributed by atoms with Crippen molar-refractivity contribution in [3.8, 4) is 0 Å². The number of amides is 1. The topological polar surface area (TPSA) is 33.2 Å². The van der Waals surface area contributed by atoms with Crippen LogP contribution in [0.3, 0.4) is 0 Å². The van der Waals surface area contributed by atoms with Crippen LogP contribution in [-0.4, -0.2) is 33.7 Å². The molecular weight excluding hydrogens is 256 g/mol. The molecular formula is C11H13BrN2O. The van der Waals surface area contributed by atoms with Crippen molar-refractivity contribution in [2.75, 3.05) is 11.9 Å². The largest absolute Gasteiger partial charge is 0.335 e. The molecule has 2 rings (SSSR count). The van der Waals surface area contributed by atoms with Crippen LogP contribution in [0.15, 0.2) is 24.5 Å². The third kappa shape index (κ3) is 2.20. The second-order valence-electron chi connectivity index (χ2n) is 3.69. The Labute approximate surface area is 97.6 Å². The first-order chi connectivity index (χ1) is 7.33. The molecule has 80 valence electrons. The summed E-state index contributed by atoms with van der Waals surface area (Å²) in [6, 6.07) is 3.96. The van der Waals surface area contributed by atoms with Crippen LogP contribution in [0.4, 0.5) is 0 Å². The lowest BCUT2D eigenvalue weighted by Crippen LogP contribution is -2.36. The van der Waals surface area contributed by atoms with Crippen LogP contribution < -0.4 is 0 Å².